The number of aliphatic hydroxyl groups excluding tert-OH is 1. The van der Waals surface area contributed by atoms with Crippen LogP contribution in [0.3, 0.4) is 0 Å². The van der Waals surface area contributed by atoms with Gasteiger partial charge in [-0.2, -0.15) is 75.8 Å². The second kappa shape index (κ2) is 33.7. The molecule has 0 bridgehead atoms. The molecule has 0 spiro atoms. The molecular weight excluding hydrogens is 1590 g/mol. The van der Waals surface area contributed by atoms with E-state index in [1.165, 1.54) is 0 Å². The fraction of sp³-hybridized carbons (Fsp3) is 0.943. The Morgan fingerprint density at radius 2 is 0.515 bits per heavy atom. The van der Waals surface area contributed by atoms with Crippen LogP contribution in [0.25, 0.3) is 0 Å². The summed E-state index contributed by atoms with van der Waals surface area (Å²) in [6, 6.07) is 0. The van der Waals surface area contributed by atoms with Crippen molar-refractivity contribution in [2.45, 2.75) is 154 Å². The largest absolute Gasteiger partial charge is 0.479 e. The predicted octanol–water partition coefficient (Wildman–Crippen LogP) is -10.0. The van der Waals surface area contributed by atoms with E-state index in [2.05, 4.69) is 33.5 Å². The third-order valence-corrected chi connectivity index (χ3v) is 17.4. The van der Waals surface area contributed by atoms with Gasteiger partial charge in [-0.1, -0.05) is 0 Å². The van der Waals surface area contributed by atoms with Crippen molar-refractivity contribution in [3.8, 4) is 0 Å². The van der Waals surface area contributed by atoms with Gasteiger partial charge < -0.3 is 81.6 Å². The molecular formula is C35H58O55S9. The zero-order valence-electron chi connectivity index (χ0n) is 49.2. The summed E-state index contributed by atoms with van der Waals surface area (Å²) >= 11 is 0. The van der Waals surface area contributed by atoms with Crippen molar-refractivity contribution >= 4 is 106 Å². The Labute approximate surface area is 557 Å². The van der Waals surface area contributed by atoms with Gasteiger partial charge >= 0.3 is 106 Å². The van der Waals surface area contributed by atoms with Crippen molar-refractivity contribution in [1.82, 2.24) is 0 Å². The molecule has 0 aromatic carbocycles. The van der Waals surface area contributed by atoms with E-state index in [1.54, 1.807) is 0 Å². The quantitative estimate of drug-likeness (QED) is 0.0259. The first-order valence-electron chi connectivity index (χ1n) is 25.5. The van der Waals surface area contributed by atoms with Crippen LogP contribution < -0.4 is 0 Å². The number of ether oxygens (including phenoxy) is 14. The van der Waals surface area contributed by atoms with Gasteiger partial charge in [-0.05, 0) is 0 Å². The van der Waals surface area contributed by atoms with Gasteiger partial charge in [-0.25, -0.2) is 47.2 Å². The summed E-state index contributed by atoms with van der Waals surface area (Å²) in [5.41, 5.74) is 0. The van der Waals surface area contributed by atoms with Crippen molar-refractivity contribution < 1.29 is 246 Å². The van der Waals surface area contributed by atoms with Gasteiger partial charge in [-0.3, -0.25) is 41.0 Å². The van der Waals surface area contributed by atoms with Crippen molar-refractivity contribution in [2.24, 2.45) is 0 Å². The lowest BCUT2D eigenvalue weighted by atomic mass is 9.95. The molecule has 5 aliphatic rings. The summed E-state index contributed by atoms with van der Waals surface area (Å²) in [6.07, 6.45) is -69.9. The Kier molecular flexibility index (Phi) is 29.6. The Morgan fingerprint density at radius 1 is 0.283 bits per heavy atom. The van der Waals surface area contributed by atoms with Crippen LogP contribution in [-0.2, 0) is 207 Å². The maximum absolute atomic E-state index is 13.3. The number of rotatable bonds is 36. The van der Waals surface area contributed by atoms with Gasteiger partial charge in [-0.15, -0.1) is 0 Å². The Bertz CT molecular complexity index is 3830. The molecule has 0 aliphatic carbocycles. The Hall–Kier alpha value is -2.83. The molecule has 0 saturated carbocycles. The Balaban J connectivity index is 1.69. The van der Waals surface area contributed by atoms with Crippen LogP contribution in [0.5, 0.6) is 0 Å². The highest BCUT2D eigenvalue weighted by Crippen LogP contribution is 2.41. The zero-order chi connectivity index (χ0) is 75.5. The first-order chi connectivity index (χ1) is 45.0. The summed E-state index contributed by atoms with van der Waals surface area (Å²) in [7, 11) is -50.4. The third-order valence-electron chi connectivity index (χ3n) is 13.3. The second-order valence-corrected chi connectivity index (χ2v) is 29.2. The van der Waals surface area contributed by atoms with Crippen molar-refractivity contribution in [2.75, 3.05) is 55.4 Å². The molecule has 0 amide bonds. The van der Waals surface area contributed by atoms with Crippen molar-refractivity contribution in [1.29, 1.82) is 0 Å². The van der Waals surface area contributed by atoms with E-state index in [0.717, 1.165) is 14.2 Å². The molecule has 0 aromatic rings. The minimum atomic E-state index is -6.39. The van der Waals surface area contributed by atoms with E-state index >= 15 is 0 Å². The molecule has 582 valence electrons. The highest BCUT2D eigenvalue weighted by Gasteiger charge is 2.63. The average Bonchev–Trinajstić information content (AvgIpc) is 0.793. The maximum Gasteiger partial charge on any atom is 0.397 e. The molecule has 25 unspecified atom stereocenters. The molecule has 5 fully saturated rings. The average molecular weight is 1650 g/mol. The summed E-state index contributed by atoms with van der Waals surface area (Å²) in [4.78, 5) is 26.6. The Morgan fingerprint density at radius 3 is 0.818 bits per heavy atom. The number of carboxylic acids is 2. The van der Waals surface area contributed by atoms with E-state index < -0.39 is 279 Å². The first kappa shape index (κ1) is 86.8. The molecule has 5 aliphatic heterocycles. The van der Waals surface area contributed by atoms with Crippen LogP contribution in [0.2, 0.25) is 0 Å². The number of methoxy groups -OCH3 is 5. The van der Waals surface area contributed by atoms with E-state index in [4.69, 9.17) is 70.5 Å². The maximum atomic E-state index is 13.3. The lowest BCUT2D eigenvalue weighted by Crippen LogP contribution is -2.70. The minimum absolute atomic E-state index is 0.403. The number of carbonyl (C=O) groups is 2. The monoisotopic (exact) mass is 1650 g/mol. The zero-order valence-corrected chi connectivity index (χ0v) is 56.5. The SMILES string of the molecule is COC1C(COS(=O)(=O)O)OC(OC2C(C(=O)O)OC(OC3C(COS(=O)(=O)O)OC(OC4C(C(=O)O)OC(OC5C(COS(=O)(=O)O)OC(O)C(OS(=O)(=O)O)C5OS(=O)(=O)O)C(OS(=O)(=O)O)C4OC)C(OS(=O)(=O)O)C3OS(=O)(=O)O)C(OC)C2OC)C(OS(=O)(=O)O)C1OC. The van der Waals surface area contributed by atoms with Gasteiger partial charge in [0, 0.05) is 35.5 Å². The van der Waals surface area contributed by atoms with Crippen LogP contribution in [-0.4, -0.2) is 353 Å². The van der Waals surface area contributed by atoms with E-state index in [0.29, 0.717) is 21.3 Å². The van der Waals surface area contributed by atoms with Gasteiger partial charge in [0.25, 0.3) is 0 Å². The van der Waals surface area contributed by atoms with Gasteiger partial charge in [0.1, 0.15) is 85.5 Å². The summed E-state index contributed by atoms with van der Waals surface area (Å²) in [5, 5.41) is 31.9. The fourth-order valence-corrected chi connectivity index (χ4v) is 13.9. The molecule has 55 nitrogen and oxygen atoms in total. The van der Waals surface area contributed by atoms with Crippen LogP contribution in [0.4, 0.5) is 0 Å². The number of carboxylic acid groups (broad SMARTS) is 2. The van der Waals surface area contributed by atoms with Gasteiger partial charge in [0.2, 0.25) is 0 Å². The summed E-state index contributed by atoms with van der Waals surface area (Å²) in [5.74, 6) is -4.78. The van der Waals surface area contributed by atoms with Crippen molar-refractivity contribution in [3.63, 3.8) is 0 Å². The fourth-order valence-electron chi connectivity index (χ4n) is 10.0. The second-order valence-electron chi connectivity index (χ2n) is 19.7. The normalized spacial score (nSPS) is 36.7. The summed E-state index contributed by atoms with van der Waals surface area (Å²) < 4.78 is 424. The smallest absolute Gasteiger partial charge is 0.397 e. The van der Waals surface area contributed by atoms with Gasteiger partial charge in [0.15, 0.2) is 68.1 Å². The summed E-state index contributed by atoms with van der Waals surface area (Å²) in [6.45, 7) is -5.07. The highest BCUT2D eigenvalue weighted by atomic mass is 32.3. The minimum Gasteiger partial charge on any atom is -0.479 e. The number of aliphatic carboxylic acids is 2. The molecule has 5 saturated heterocycles. The first-order valence-corrected chi connectivity index (χ1v) is 37.8. The lowest BCUT2D eigenvalue weighted by molar-refractivity contribution is -0.385. The topological polar surface area (TPSA) is 796 Å². The molecule has 0 radical (unpaired) electrons. The van der Waals surface area contributed by atoms with Crippen LogP contribution in [0.1, 0.15) is 0 Å². The third kappa shape index (κ3) is 25.7. The molecule has 25 atom stereocenters. The van der Waals surface area contributed by atoms with Crippen LogP contribution in [0.15, 0.2) is 0 Å². The molecule has 64 heteroatoms. The molecule has 5 heterocycles. The van der Waals surface area contributed by atoms with Crippen LogP contribution >= 0.6 is 0 Å². The molecule has 99 heavy (non-hydrogen) atoms. The number of aliphatic hydroxyl groups is 1. The van der Waals surface area contributed by atoms with Crippen LogP contribution in [0, 0.1) is 0 Å². The lowest BCUT2D eigenvalue weighted by Gasteiger charge is -2.51. The standard InChI is InChI=1S/C35H58O55S9/c1-68-12-9(6-73-91(41,42)43)77-33(26(15(12)69-2)88-97(59,60)61)81-18-16(70-3)25(72-5)32(83-22(18)29(36)37)79-14-11(8-75-93(47,48)49)78-34(28(90-99(65,66)67)21(14)86-95(53,54)55)82-19-17(71-4)27(89-98(62,63)64)35(84-23(19)30(38)39)80-13-10(7-74-92(44,45)46)76-31(40)24(87-96(56,57)58)20(13)85-94(50,51)52/h9-28,31-35,40H,6-8H2,1-5H3,(H,36,37)(H,38,39)(H,41,42,43)(H,44,45,46)(H,47,48,49)(H,50,51,52)(H,53,54,55)(H,56,57,58)(H,59,60,61)(H,62,63,64)(H,65,66,67). The molecule has 0 aromatic heterocycles. The van der Waals surface area contributed by atoms with E-state index in [-0.39, 0.29) is 0 Å². The molecule has 12 N–H and O–H groups in total. The van der Waals surface area contributed by atoms with E-state index in [1.807, 2.05) is 0 Å². The van der Waals surface area contributed by atoms with Crippen molar-refractivity contribution in [3.05, 3.63) is 0 Å². The number of hydrogen-bond acceptors (Lipinski definition) is 44. The molecule has 5 rings (SSSR count). The predicted molar refractivity (Wildman–Crippen MR) is 285 cm³/mol. The van der Waals surface area contributed by atoms with Gasteiger partial charge in [0.05, 0.1) is 19.8 Å². The highest BCUT2D eigenvalue weighted by molar-refractivity contribution is 7.82. The van der Waals surface area contributed by atoms with E-state index in [9.17, 15) is 142 Å². The number of hydrogen-bond donors (Lipinski definition) is 12.